The Balaban J connectivity index is 1.60. The van der Waals surface area contributed by atoms with Crippen LogP contribution in [0.2, 0.25) is 0 Å². The minimum atomic E-state index is -3.64. The number of rotatable bonds is 5. The number of pyridine rings is 1. The van der Waals surface area contributed by atoms with Crippen LogP contribution in [0.3, 0.4) is 0 Å². The third-order valence-corrected chi connectivity index (χ3v) is 7.40. The summed E-state index contributed by atoms with van der Waals surface area (Å²) in [6, 6.07) is 14.1. The molecule has 4 rings (SSSR count). The maximum Gasteiger partial charge on any atom is 0.213 e. The van der Waals surface area contributed by atoms with Crippen molar-refractivity contribution in [3.8, 4) is 5.88 Å². The van der Waals surface area contributed by atoms with Gasteiger partial charge in [-0.3, -0.25) is 4.99 Å². The lowest BCUT2D eigenvalue weighted by Gasteiger charge is -2.30. The first kappa shape index (κ1) is 17.0. The topological polar surface area (TPSA) is 68.6 Å². The zero-order valence-electron chi connectivity index (χ0n) is 14.2. The standard InChI is InChI=1S/C20H20N2O3S/c23-26(24,18-7-2-1-3-8-18)20(12-6-14-22-20)16-10-11-17(15-16)25-19-9-4-5-13-21-19/h1-9,12-14,16-17H,10-11,15H2. The zero-order chi connectivity index (χ0) is 18.0. The van der Waals surface area contributed by atoms with Crippen LogP contribution in [0.1, 0.15) is 19.3 Å². The van der Waals surface area contributed by atoms with Crippen molar-refractivity contribution in [2.75, 3.05) is 0 Å². The maximum atomic E-state index is 13.4. The maximum absolute atomic E-state index is 13.4. The minimum absolute atomic E-state index is 0.0538. The molecule has 0 spiro atoms. The van der Waals surface area contributed by atoms with Crippen molar-refractivity contribution >= 4 is 16.1 Å². The van der Waals surface area contributed by atoms with Crippen LogP contribution < -0.4 is 4.74 Å². The number of sulfone groups is 1. The average molecular weight is 368 g/mol. The first-order valence-electron chi connectivity index (χ1n) is 8.72. The molecule has 1 fully saturated rings. The molecule has 0 saturated heterocycles. The molecular weight excluding hydrogens is 348 g/mol. The fourth-order valence-corrected chi connectivity index (χ4v) is 5.81. The summed E-state index contributed by atoms with van der Waals surface area (Å²) in [7, 11) is -3.64. The summed E-state index contributed by atoms with van der Waals surface area (Å²) < 4.78 is 32.7. The molecule has 2 heterocycles. The van der Waals surface area contributed by atoms with E-state index in [-0.39, 0.29) is 12.0 Å². The smallest absolute Gasteiger partial charge is 0.213 e. The van der Waals surface area contributed by atoms with Crippen molar-refractivity contribution < 1.29 is 13.2 Å². The van der Waals surface area contributed by atoms with Gasteiger partial charge < -0.3 is 4.74 Å². The second-order valence-electron chi connectivity index (χ2n) is 6.62. The quantitative estimate of drug-likeness (QED) is 0.811. The van der Waals surface area contributed by atoms with Crippen LogP contribution in [0, 0.1) is 5.92 Å². The van der Waals surface area contributed by atoms with Crippen molar-refractivity contribution in [2.45, 2.75) is 35.1 Å². The SMILES string of the molecule is O=S(=O)(c1ccccc1)C1(C2CCC(Oc3ccccn3)C2)C=CC=N1. The van der Waals surface area contributed by atoms with Gasteiger partial charge in [-0.15, -0.1) is 0 Å². The Morgan fingerprint density at radius 1 is 1.04 bits per heavy atom. The summed E-state index contributed by atoms with van der Waals surface area (Å²) >= 11 is 0. The number of aliphatic imine (C=N–C) groups is 1. The summed E-state index contributed by atoms with van der Waals surface area (Å²) in [4.78, 5) is 7.70. The van der Waals surface area contributed by atoms with E-state index in [4.69, 9.17) is 4.74 Å². The molecular formula is C20H20N2O3S. The van der Waals surface area contributed by atoms with Crippen molar-refractivity contribution in [1.82, 2.24) is 4.98 Å². The van der Waals surface area contributed by atoms with Gasteiger partial charge in [0, 0.05) is 24.4 Å². The third kappa shape index (κ3) is 2.84. The van der Waals surface area contributed by atoms with E-state index in [9.17, 15) is 8.42 Å². The molecule has 1 aromatic heterocycles. The summed E-state index contributed by atoms with van der Waals surface area (Å²) in [6.45, 7) is 0. The van der Waals surface area contributed by atoms with E-state index in [1.807, 2.05) is 24.3 Å². The highest BCUT2D eigenvalue weighted by Crippen LogP contribution is 2.45. The zero-order valence-corrected chi connectivity index (χ0v) is 15.0. The Labute approximate surface area is 153 Å². The molecule has 0 radical (unpaired) electrons. The van der Waals surface area contributed by atoms with Gasteiger partial charge in [0.2, 0.25) is 15.7 Å². The molecule has 3 atom stereocenters. The number of hydrogen-bond acceptors (Lipinski definition) is 5. The summed E-state index contributed by atoms with van der Waals surface area (Å²) in [5.74, 6) is 0.444. The van der Waals surface area contributed by atoms with Crippen molar-refractivity contribution in [3.63, 3.8) is 0 Å². The highest BCUT2D eigenvalue weighted by Gasteiger charge is 2.52. The van der Waals surface area contributed by atoms with Crippen LogP contribution >= 0.6 is 0 Å². The van der Waals surface area contributed by atoms with E-state index >= 15 is 0 Å². The van der Waals surface area contributed by atoms with Crippen molar-refractivity contribution in [1.29, 1.82) is 0 Å². The molecule has 26 heavy (non-hydrogen) atoms. The largest absolute Gasteiger partial charge is 0.474 e. The fraction of sp³-hybridized carbons (Fsp3) is 0.300. The minimum Gasteiger partial charge on any atom is -0.474 e. The molecule has 1 aromatic carbocycles. The van der Waals surface area contributed by atoms with Gasteiger partial charge in [0.1, 0.15) is 6.10 Å². The monoisotopic (exact) mass is 368 g/mol. The lowest BCUT2D eigenvalue weighted by atomic mass is 9.98. The van der Waals surface area contributed by atoms with Crippen molar-refractivity contribution in [3.05, 3.63) is 66.9 Å². The molecule has 1 aliphatic heterocycles. The van der Waals surface area contributed by atoms with Crippen LogP contribution in [0.5, 0.6) is 5.88 Å². The number of nitrogens with zero attached hydrogens (tertiary/aromatic N) is 2. The van der Waals surface area contributed by atoms with E-state index in [2.05, 4.69) is 9.98 Å². The first-order valence-corrected chi connectivity index (χ1v) is 10.2. The number of ether oxygens (including phenoxy) is 1. The molecule has 5 nitrogen and oxygen atoms in total. The van der Waals surface area contributed by atoms with Gasteiger partial charge in [-0.1, -0.05) is 24.3 Å². The fourth-order valence-electron chi connectivity index (χ4n) is 3.80. The molecule has 2 aromatic rings. The Morgan fingerprint density at radius 3 is 2.54 bits per heavy atom. The lowest BCUT2D eigenvalue weighted by Crippen LogP contribution is -2.40. The van der Waals surface area contributed by atoms with Gasteiger partial charge in [-0.2, -0.15) is 0 Å². The molecule has 1 saturated carbocycles. The molecule has 0 N–H and O–H groups in total. The van der Waals surface area contributed by atoms with E-state index in [1.54, 1.807) is 48.8 Å². The average Bonchev–Trinajstić information content (AvgIpc) is 3.34. The van der Waals surface area contributed by atoms with Gasteiger partial charge in [0.15, 0.2) is 4.87 Å². The highest BCUT2D eigenvalue weighted by molar-refractivity contribution is 7.93. The van der Waals surface area contributed by atoms with Gasteiger partial charge in [0.25, 0.3) is 0 Å². The molecule has 2 aliphatic rings. The van der Waals surface area contributed by atoms with Crippen LogP contribution in [-0.4, -0.2) is 30.6 Å². The molecule has 6 heteroatoms. The lowest BCUT2D eigenvalue weighted by molar-refractivity contribution is 0.193. The summed E-state index contributed by atoms with van der Waals surface area (Å²) in [5, 5.41) is 0. The second kappa shape index (κ2) is 6.68. The van der Waals surface area contributed by atoms with E-state index in [1.165, 1.54) is 0 Å². The van der Waals surface area contributed by atoms with E-state index in [0.29, 0.717) is 17.2 Å². The Hall–Kier alpha value is -2.47. The Bertz CT molecular complexity index is 912. The number of benzene rings is 1. The highest BCUT2D eigenvalue weighted by atomic mass is 32.2. The molecule has 1 aliphatic carbocycles. The van der Waals surface area contributed by atoms with Crippen LogP contribution in [0.4, 0.5) is 0 Å². The number of allylic oxidation sites excluding steroid dienone is 1. The summed E-state index contributed by atoms with van der Waals surface area (Å²) in [6.07, 6.45) is 8.84. The predicted octanol–water partition coefficient (Wildman–Crippen LogP) is 3.44. The number of aromatic nitrogens is 1. The van der Waals surface area contributed by atoms with E-state index in [0.717, 1.165) is 12.8 Å². The van der Waals surface area contributed by atoms with Gasteiger partial charge >= 0.3 is 0 Å². The van der Waals surface area contributed by atoms with E-state index < -0.39 is 14.7 Å². The Morgan fingerprint density at radius 2 is 1.85 bits per heavy atom. The van der Waals surface area contributed by atoms with Crippen LogP contribution in [0.15, 0.2) is 76.8 Å². The molecule has 3 unspecified atom stereocenters. The van der Waals surface area contributed by atoms with Crippen molar-refractivity contribution in [2.24, 2.45) is 10.9 Å². The molecule has 0 amide bonds. The predicted molar refractivity (Wildman–Crippen MR) is 100.0 cm³/mol. The van der Waals surface area contributed by atoms with Crippen LogP contribution in [-0.2, 0) is 9.84 Å². The second-order valence-corrected chi connectivity index (χ2v) is 8.76. The normalized spacial score (nSPS) is 27.7. The molecule has 134 valence electrons. The van der Waals surface area contributed by atoms with Gasteiger partial charge in [-0.25, -0.2) is 13.4 Å². The third-order valence-electron chi connectivity index (χ3n) is 5.08. The number of hydrogen-bond donors (Lipinski definition) is 0. The Kier molecular flexibility index (Phi) is 4.36. The molecule has 0 bridgehead atoms. The first-order chi connectivity index (χ1) is 12.6. The van der Waals surface area contributed by atoms with Gasteiger partial charge in [0.05, 0.1) is 4.90 Å². The van der Waals surface area contributed by atoms with Crippen LogP contribution in [0.25, 0.3) is 0 Å². The summed E-state index contributed by atoms with van der Waals surface area (Å²) in [5.41, 5.74) is 0. The van der Waals surface area contributed by atoms with Gasteiger partial charge in [-0.05, 0) is 49.6 Å².